The zero-order chi connectivity index (χ0) is 12.4. The Hall–Kier alpha value is -1.06. The molecule has 1 fully saturated rings. The first kappa shape index (κ1) is 12.0. The van der Waals surface area contributed by atoms with E-state index >= 15 is 0 Å². The molecule has 0 bridgehead atoms. The molecule has 0 radical (unpaired) electrons. The van der Waals surface area contributed by atoms with Gasteiger partial charge in [-0.3, -0.25) is 5.43 Å². The normalized spacial score (nSPS) is 23.7. The second kappa shape index (κ2) is 5.29. The van der Waals surface area contributed by atoms with Crippen LogP contribution in [-0.2, 0) is 6.42 Å². The first-order valence-corrected chi connectivity index (χ1v) is 7.06. The fourth-order valence-electron chi connectivity index (χ4n) is 2.85. The Balaban J connectivity index is 1.51. The summed E-state index contributed by atoms with van der Waals surface area (Å²) in [6.45, 7) is 5.42. The number of hydrazine groups is 1. The van der Waals surface area contributed by atoms with Crippen LogP contribution < -0.4 is 10.2 Å². The summed E-state index contributed by atoms with van der Waals surface area (Å²) in [7, 11) is 0. The summed E-state index contributed by atoms with van der Waals surface area (Å²) < 4.78 is 5.96. The van der Waals surface area contributed by atoms with Gasteiger partial charge in [-0.15, -0.1) is 0 Å². The van der Waals surface area contributed by atoms with Crippen molar-refractivity contribution in [1.29, 1.82) is 0 Å². The van der Waals surface area contributed by atoms with Gasteiger partial charge in [-0.25, -0.2) is 5.01 Å². The van der Waals surface area contributed by atoms with E-state index in [-0.39, 0.29) is 0 Å². The summed E-state index contributed by atoms with van der Waals surface area (Å²) >= 11 is 0. The monoisotopic (exact) mass is 246 g/mol. The van der Waals surface area contributed by atoms with Gasteiger partial charge in [0, 0.05) is 26.1 Å². The molecule has 2 heterocycles. The minimum atomic E-state index is 0.295. The largest absolute Gasteiger partial charge is 0.488 e. The van der Waals surface area contributed by atoms with E-state index in [2.05, 4.69) is 35.6 Å². The maximum absolute atomic E-state index is 5.96. The van der Waals surface area contributed by atoms with Crippen molar-refractivity contribution >= 4 is 0 Å². The molecule has 1 unspecified atom stereocenters. The van der Waals surface area contributed by atoms with Crippen molar-refractivity contribution < 1.29 is 4.74 Å². The number of rotatable bonds is 3. The molecule has 1 atom stereocenters. The molecule has 3 nitrogen and oxygen atoms in total. The fourth-order valence-corrected chi connectivity index (χ4v) is 2.85. The van der Waals surface area contributed by atoms with Crippen LogP contribution in [0, 0.1) is 6.92 Å². The van der Waals surface area contributed by atoms with Crippen molar-refractivity contribution in [3.05, 3.63) is 29.3 Å². The molecule has 98 valence electrons. The molecule has 2 aliphatic heterocycles. The van der Waals surface area contributed by atoms with Crippen LogP contribution in [0.3, 0.4) is 0 Å². The van der Waals surface area contributed by atoms with Gasteiger partial charge >= 0.3 is 0 Å². The molecule has 1 N–H and O–H groups in total. The predicted molar refractivity (Wildman–Crippen MR) is 72.7 cm³/mol. The van der Waals surface area contributed by atoms with Gasteiger partial charge < -0.3 is 4.74 Å². The van der Waals surface area contributed by atoms with Crippen molar-refractivity contribution in [3.63, 3.8) is 0 Å². The molecule has 1 aromatic rings. The molecule has 0 spiro atoms. The summed E-state index contributed by atoms with van der Waals surface area (Å²) in [4.78, 5) is 0. The summed E-state index contributed by atoms with van der Waals surface area (Å²) in [5.41, 5.74) is 6.20. The molecular formula is C15H22N2O. The van der Waals surface area contributed by atoms with Crippen LogP contribution in [0.5, 0.6) is 5.75 Å². The highest BCUT2D eigenvalue weighted by atomic mass is 16.5. The number of hydrogen-bond donors (Lipinski definition) is 1. The lowest BCUT2D eigenvalue weighted by molar-refractivity contribution is 0.119. The maximum atomic E-state index is 5.96. The average Bonchev–Trinajstić information content (AvgIpc) is 2.79. The quantitative estimate of drug-likeness (QED) is 0.885. The highest BCUT2D eigenvalue weighted by Gasteiger charge is 2.23. The number of aryl methyl sites for hydroxylation is 1. The smallest absolute Gasteiger partial charge is 0.123 e. The van der Waals surface area contributed by atoms with Crippen LogP contribution >= 0.6 is 0 Å². The first-order valence-electron chi connectivity index (χ1n) is 7.06. The van der Waals surface area contributed by atoms with E-state index in [0.717, 1.165) is 18.7 Å². The number of benzene rings is 1. The Morgan fingerprint density at radius 2 is 2.11 bits per heavy atom. The summed E-state index contributed by atoms with van der Waals surface area (Å²) in [6, 6.07) is 6.47. The molecule has 2 aliphatic rings. The number of nitrogens with one attached hydrogen (secondary N) is 1. The molecule has 3 heteroatoms. The van der Waals surface area contributed by atoms with Crippen LogP contribution in [0.1, 0.15) is 30.4 Å². The van der Waals surface area contributed by atoms with Gasteiger partial charge in [-0.1, -0.05) is 24.1 Å². The van der Waals surface area contributed by atoms with Gasteiger partial charge in [-0.05, 0) is 31.4 Å². The Labute approximate surface area is 109 Å². The molecule has 18 heavy (non-hydrogen) atoms. The molecule has 1 aromatic carbocycles. The van der Waals surface area contributed by atoms with Crippen LogP contribution in [0.25, 0.3) is 0 Å². The van der Waals surface area contributed by atoms with Gasteiger partial charge in [-0.2, -0.15) is 0 Å². The molecule has 0 amide bonds. The van der Waals surface area contributed by atoms with E-state index in [1.807, 2.05) is 0 Å². The number of hydrogen-bond acceptors (Lipinski definition) is 3. The third-order valence-corrected chi connectivity index (χ3v) is 3.86. The van der Waals surface area contributed by atoms with E-state index in [9.17, 15) is 0 Å². The topological polar surface area (TPSA) is 24.5 Å². The summed E-state index contributed by atoms with van der Waals surface area (Å²) in [5, 5.41) is 2.35. The van der Waals surface area contributed by atoms with Crippen LogP contribution in [0.15, 0.2) is 18.2 Å². The third kappa shape index (κ3) is 2.68. The van der Waals surface area contributed by atoms with Crippen molar-refractivity contribution in [3.8, 4) is 5.75 Å². The second-order valence-electron chi connectivity index (χ2n) is 5.47. The lowest BCUT2D eigenvalue weighted by Gasteiger charge is -2.28. The van der Waals surface area contributed by atoms with Gasteiger partial charge in [0.25, 0.3) is 0 Å². The Morgan fingerprint density at radius 3 is 2.94 bits per heavy atom. The molecule has 0 aliphatic carbocycles. The van der Waals surface area contributed by atoms with E-state index in [4.69, 9.17) is 4.74 Å². The lowest BCUT2D eigenvalue weighted by Crippen LogP contribution is -2.45. The van der Waals surface area contributed by atoms with Gasteiger partial charge in [0.15, 0.2) is 0 Å². The third-order valence-electron chi connectivity index (χ3n) is 3.86. The van der Waals surface area contributed by atoms with Crippen LogP contribution in [0.2, 0.25) is 0 Å². The van der Waals surface area contributed by atoms with E-state index < -0.39 is 0 Å². The maximum Gasteiger partial charge on any atom is 0.123 e. The Kier molecular flexibility index (Phi) is 3.52. The first-order chi connectivity index (χ1) is 8.81. The fraction of sp³-hybridized carbons (Fsp3) is 0.600. The highest BCUT2D eigenvalue weighted by Crippen LogP contribution is 2.29. The summed E-state index contributed by atoms with van der Waals surface area (Å²) in [5.74, 6) is 1.08. The molecule has 0 saturated carbocycles. The SMILES string of the molecule is Cc1ccc2c(c1)CC(CNN1CCCCC1)O2. The summed E-state index contributed by atoms with van der Waals surface area (Å²) in [6.07, 6.45) is 5.35. The minimum Gasteiger partial charge on any atom is -0.488 e. The van der Waals surface area contributed by atoms with Crippen molar-refractivity contribution in [2.75, 3.05) is 19.6 Å². The minimum absolute atomic E-state index is 0.295. The molecule has 1 saturated heterocycles. The zero-order valence-corrected chi connectivity index (χ0v) is 11.1. The average molecular weight is 246 g/mol. The standard InChI is InChI=1S/C15H22N2O/c1-12-5-6-15-13(9-12)10-14(18-15)11-16-17-7-3-2-4-8-17/h5-6,9,14,16H,2-4,7-8,10-11H2,1H3. The van der Waals surface area contributed by atoms with E-state index in [1.54, 1.807) is 0 Å². The molecular weight excluding hydrogens is 224 g/mol. The van der Waals surface area contributed by atoms with E-state index in [1.165, 1.54) is 43.5 Å². The Morgan fingerprint density at radius 1 is 1.28 bits per heavy atom. The van der Waals surface area contributed by atoms with Crippen LogP contribution in [-0.4, -0.2) is 30.7 Å². The number of fused-ring (bicyclic) bond motifs is 1. The number of piperidine rings is 1. The van der Waals surface area contributed by atoms with Crippen molar-refractivity contribution in [2.45, 2.75) is 38.7 Å². The Bertz CT molecular complexity index is 413. The van der Waals surface area contributed by atoms with Crippen molar-refractivity contribution in [2.24, 2.45) is 0 Å². The molecule has 0 aromatic heterocycles. The zero-order valence-electron chi connectivity index (χ0n) is 11.1. The lowest BCUT2D eigenvalue weighted by atomic mass is 10.1. The number of nitrogens with zero attached hydrogens (tertiary/aromatic N) is 1. The highest BCUT2D eigenvalue weighted by molar-refractivity contribution is 5.40. The number of ether oxygens (including phenoxy) is 1. The van der Waals surface area contributed by atoms with Crippen molar-refractivity contribution in [1.82, 2.24) is 10.4 Å². The van der Waals surface area contributed by atoms with Gasteiger partial charge in [0.1, 0.15) is 11.9 Å². The van der Waals surface area contributed by atoms with Gasteiger partial charge in [0.2, 0.25) is 0 Å². The van der Waals surface area contributed by atoms with Gasteiger partial charge in [0.05, 0.1) is 0 Å². The van der Waals surface area contributed by atoms with E-state index in [0.29, 0.717) is 6.10 Å². The molecule has 3 rings (SSSR count). The second-order valence-corrected chi connectivity index (χ2v) is 5.47. The predicted octanol–water partition coefficient (Wildman–Crippen LogP) is 2.29. The van der Waals surface area contributed by atoms with Crippen LogP contribution in [0.4, 0.5) is 0 Å².